The number of nitrogens with zero attached hydrogens (tertiary/aromatic N) is 1. The van der Waals surface area contributed by atoms with E-state index in [2.05, 4.69) is 5.32 Å². The van der Waals surface area contributed by atoms with Crippen molar-refractivity contribution in [1.82, 2.24) is 5.32 Å². The van der Waals surface area contributed by atoms with Gasteiger partial charge in [0.1, 0.15) is 5.41 Å². The lowest BCUT2D eigenvalue weighted by Crippen LogP contribution is -2.45. The molecule has 1 unspecified atom stereocenters. The van der Waals surface area contributed by atoms with Crippen molar-refractivity contribution in [3.8, 4) is 6.07 Å². The van der Waals surface area contributed by atoms with E-state index in [-0.39, 0.29) is 0 Å². The molecule has 6 heteroatoms. The van der Waals surface area contributed by atoms with E-state index in [4.69, 9.17) is 0 Å². The number of hydrogen-bond donors (Lipinski definition) is 1. The average molecular weight is 278 g/mol. The molecule has 0 aromatic heterocycles. The molecule has 0 aromatic rings. The van der Waals surface area contributed by atoms with Crippen molar-refractivity contribution in [3.63, 3.8) is 0 Å². The van der Waals surface area contributed by atoms with Gasteiger partial charge in [-0.2, -0.15) is 18.4 Å². The molecule has 0 bridgehead atoms. The van der Waals surface area contributed by atoms with Gasteiger partial charge in [0.15, 0.2) is 0 Å². The second kappa shape index (κ2) is 7.37. The van der Waals surface area contributed by atoms with Gasteiger partial charge in [-0.1, -0.05) is 26.7 Å². The Morgan fingerprint density at radius 3 is 2.05 bits per heavy atom. The largest absolute Gasteiger partial charge is 0.391 e. The van der Waals surface area contributed by atoms with Crippen LogP contribution in [0.5, 0.6) is 0 Å². The number of hydrogen-bond acceptors (Lipinski definition) is 2. The zero-order chi connectivity index (χ0) is 15.1. The normalized spacial score (nSPS) is 13.7. The third kappa shape index (κ3) is 5.95. The minimum atomic E-state index is -4.32. The fourth-order valence-electron chi connectivity index (χ4n) is 2.13. The Kier molecular flexibility index (Phi) is 6.88. The lowest BCUT2D eigenvalue weighted by molar-refractivity contribution is -0.143. The highest BCUT2D eigenvalue weighted by Gasteiger charge is 2.39. The summed E-state index contributed by atoms with van der Waals surface area (Å²) in [5, 5.41) is 11.5. The van der Waals surface area contributed by atoms with Crippen molar-refractivity contribution in [1.29, 1.82) is 5.26 Å². The molecule has 0 aliphatic heterocycles. The van der Waals surface area contributed by atoms with E-state index in [1.165, 1.54) is 6.92 Å². The number of carbonyl (C=O) groups is 1. The van der Waals surface area contributed by atoms with Crippen molar-refractivity contribution >= 4 is 5.91 Å². The number of nitrogens with one attached hydrogen (secondary N) is 1. The predicted molar refractivity (Wildman–Crippen MR) is 66.1 cm³/mol. The van der Waals surface area contributed by atoms with Crippen molar-refractivity contribution < 1.29 is 18.0 Å². The number of nitriles is 1. The van der Waals surface area contributed by atoms with E-state index in [1.54, 1.807) is 0 Å². The van der Waals surface area contributed by atoms with Gasteiger partial charge in [-0.25, -0.2) is 0 Å². The van der Waals surface area contributed by atoms with E-state index < -0.39 is 30.0 Å². The summed E-state index contributed by atoms with van der Waals surface area (Å²) in [5.74, 6) is -0.588. The molecule has 3 nitrogen and oxygen atoms in total. The minimum absolute atomic E-state index is 0.363. The Morgan fingerprint density at radius 1 is 1.26 bits per heavy atom. The topological polar surface area (TPSA) is 52.9 Å². The SMILES string of the molecule is CCCC(C#N)(CCC)C(=O)NC(C)CC(F)(F)F. The van der Waals surface area contributed by atoms with Crippen LogP contribution in [0.2, 0.25) is 0 Å². The molecule has 0 aromatic carbocycles. The molecule has 0 spiro atoms. The van der Waals surface area contributed by atoms with Gasteiger partial charge >= 0.3 is 6.18 Å². The monoisotopic (exact) mass is 278 g/mol. The average Bonchev–Trinajstić information content (AvgIpc) is 2.25. The lowest BCUT2D eigenvalue weighted by atomic mass is 9.79. The molecule has 0 aliphatic carbocycles. The zero-order valence-electron chi connectivity index (χ0n) is 11.6. The number of rotatable bonds is 7. The van der Waals surface area contributed by atoms with Gasteiger partial charge in [0.2, 0.25) is 5.91 Å². The minimum Gasteiger partial charge on any atom is -0.352 e. The fourth-order valence-corrected chi connectivity index (χ4v) is 2.13. The van der Waals surface area contributed by atoms with Crippen molar-refractivity contribution in [2.24, 2.45) is 5.41 Å². The van der Waals surface area contributed by atoms with Crippen LogP contribution in [0.3, 0.4) is 0 Å². The smallest absolute Gasteiger partial charge is 0.352 e. The van der Waals surface area contributed by atoms with Crippen LogP contribution in [-0.2, 0) is 4.79 Å². The maximum atomic E-state index is 12.2. The molecule has 1 amide bonds. The van der Waals surface area contributed by atoms with E-state index in [9.17, 15) is 23.2 Å². The number of halogens is 3. The fraction of sp³-hybridized carbons (Fsp3) is 0.846. The van der Waals surface area contributed by atoms with Gasteiger partial charge < -0.3 is 5.32 Å². The summed E-state index contributed by atoms with van der Waals surface area (Å²) in [6.45, 7) is 4.98. The van der Waals surface area contributed by atoms with Gasteiger partial charge in [-0.15, -0.1) is 0 Å². The molecule has 0 fully saturated rings. The summed E-state index contributed by atoms with van der Waals surface area (Å²) in [7, 11) is 0. The number of amides is 1. The number of alkyl halides is 3. The first-order valence-electron chi connectivity index (χ1n) is 6.49. The van der Waals surface area contributed by atoms with Crippen LogP contribution in [-0.4, -0.2) is 18.1 Å². The Bertz CT molecular complexity index is 328. The van der Waals surface area contributed by atoms with Crippen LogP contribution in [0.4, 0.5) is 13.2 Å². The molecule has 1 N–H and O–H groups in total. The third-order valence-corrected chi connectivity index (χ3v) is 2.92. The Morgan fingerprint density at radius 2 is 1.74 bits per heavy atom. The van der Waals surface area contributed by atoms with Crippen LogP contribution in [0.1, 0.15) is 52.9 Å². The summed E-state index contributed by atoms with van der Waals surface area (Å²) >= 11 is 0. The first-order valence-corrected chi connectivity index (χ1v) is 6.49. The van der Waals surface area contributed by atoms with E-state index in [0.29, 0.717) is 25.7 Å². The van der Waals surface area contributed by atoms with Crippen LogP contribution >= 0.6 is 0 Å². The molecule has 19 heavy (non-hydrogen) atoms. The lowest BCUT2D eigenvalue weighted by Gasteiger charge is -2.27. The molecule has 0 saturated heterocycles. The second-order valence-electron chi connectivity index (χ2n) is 4.89. The quantitative estimate of drug-likeness (QED) is 0.774. The molecule has 0 radical (unpaired) electrons. The highest BCUT2D eigenvalue weighted by Crippen LogP contribution is 2.30. The predicted octanol–water partition coefficient (Wildman–Crippen LogP) is 3.55. The van der Waals surface area contributed by atoms with E-state index in [1.807, 2.05) is 19.9 Å². The summed E-state index contributed by atoms with van der Waals surface area (Å²) in [4.78, 5) is 12.1. The summed E-state index contributed by atoms with van der Waals surface area (Å²) < 4.78 is 36.6. The first kappa shape index (κ1) is 17.8. The highest BCUT2D eigenvalue weighted by molar-refractivity contribution is 5.85. The number of carbonyl (C=O) groups excluding carboxylic acids is 1. The third-order valence-electron chi connectivity index (χ3n) is 2.92. The van der Waals surface area contributed by atoms with E-state index >= 15 is 0 Å². The molecular weight excluding hydrogens is 257 g/mol. The molecule has 110 valence electrons. The van der Waals surface area contributed by atoms with Crippen molar-refractivity contribution in [2.45, 2.75) is 65.1 Å². The molecule has 0 rings (SSSR count). The van der Waals surface area contributed by atoms with E-state index in [0.717, 1.165) is 0 Å². The zero-order valence-corrected chi connectivity index (χ0v) is 11.6. The van der Waals surface area contributed by atoms with Crippen LogP contribution in [0.15, 0.2) is 0 Å². The van der Waals surface area contributed by atoms with Crippen LogP contribution < -0.4 is 5.32 Å². The summed E-state index contributed by atoms with van der Waals surface area (Å²) in [6, 6.07) is 0.973. The summed E-state index contributed by atoms with van der Waals surface area (Å²) in [5.41, 5.74) is -1.21. The highest BCUT2D eigenvalue weighted by atomic mass is 19.4. The van der Waals surface area contributed by atoms with Crippen LogP contribution in [0.25, 0.3) is 0 Å². The molecule has 1 atom stereocenters. The maximum absolute atomic E-state index is 12.2. The molecule has 0 aliphatic rings. The summed E-state index contributed by atoms with van der Waals surface area (Å²) in [6.07, 6.45) is -3.41. The first-order chi connectivity index (χ1) is 8.70. The second-order valence-corrected chi connectivity index (χ2v) is 4.89. The van der Waals surface area contributed by atoms with Gasteiger partial charge in [-0.3, -0.25) is 4.79 Å². The van der Waals surface area contributed by atoms with Gasteiger partial charge in [0, 0.05) is 6.04 Å². The standard InChI is InChI=1S/C13H21F3N2O/c1-4-6-12(9-17,7-5-2)11(19)18-10(3)8-13(14,15)16/h10H,4-8H2,1-3H3,(H,18,19). The molecule has 0 heterocycles. The van der Waals surface area contributed by atoms with Crippen molar-refractivity contribution in [2.75, 3.05) is 0 Å². The Hall–Kier alpha value is -1.25. The van der Waals surface area contributed by atoms with Crippen molar-refractivity contribution in [3.05, 3.63) is 0 Å². The van der Waals surface area contributed by atoms with Crippen LogP contribution in [0, 0.1) is 16.7 Å². The Labute approximate surface area is 112 Å². The molecule has 0 saturated carbocycles. The van der Waals surface area contributed by atoms with Gasteiger partial charge in [0.25, 0.3) is 0 Å². The maximum Gasteiger partial charge on any atom is 0.391 e. The molecular formula is C13H21F3N2O. The van der Waals surface area contributed by atoms with Gasteiger partial charge in [-0.05, 0) is 19.8 Å². The Balaban J connectivity index is 4.79. The van der Waals surface area contributed by atoms with Gasteiger partial charge in [0.05, 0.1) is 12.5 Å².